The number of hydrogen-bond donors (Lipinski definition) is 1. The summed E-state index contributed by atoms with van der Waals surface area (Å²) in [5.74, 6) is 1.12. The number of fused-ring (bicyclic) bond motifs is 1. The van der Waals surface area contributed by atoms with Gasteiger partial charge >= 0.3 is 0 Å². The zero-order valence-corrected chi connectivity index (χ0v) is 24.3. The molecule has 1 aliphatic heterocycles. The number of nitrogens with one attached hydrogen (secondary N) is 1. The fourth-order valence-electron chi connectivity index (χ4n) is 4.98. The molecule has 1 atom stereocenters. The Hall–Kier alpha value is -5.21. The van der Waals surface area contributed by atoms with Crippen LogP contribution in [0.3, 0.4) is 0 Å². The third-order valence-corrected chi connectivity index (χ3v) is 7.95. The molecule has 5 aromatic rings. The Morgan fingerprint density at radius 2 is 1.49 bits per heavy atom. The number of allylic oxidation sites excluding steroid dienone is 1. The summed E-state index contributed by atoms with van der Waals surface area (Å²) in [6.07, 6.45) is 1.82. The molecule has 0 aliphatic carbocycles. The van der Waals surface area contributed by atoms with Gasteiger partial charge < -0.3 is 14.8 Å². The van der Waals surface area contributed by atoms with Gasteiger partial charge in [0, 0.05) is 11.3 Å². The van der Waals surface area contributed by atoms with Gasteiger partial charge in [-0.3, -0.25) is 14.2 Å². The molecule has 1 aliphatic rings. The van der Waals surface area contributed by atoms with Crippen LogP contribution in [0.4, 0.5) is 5.69 Å². The lowest BCUT2D eigenvalue weighted by atomic mass is 9.95. The molecule has 214 valence electrons. The minimum Gasteiger partial charge on any atom is -0.490 e. The lowest BCUT2D eigenvalue weighted by Gasteiger charge is -2.25. The maximum absolute atomic E-state index is 14.0. The molecule has 0 bridgehead atoms. The predicted octanol–water partition coefficient (Wildman–Crippen LogP) is 5.33. The van der Waals surface area contributed by atoms with Crippen molar-refractivity contribution in [1.29, 1.82) is 0 Å². The number of benzene rings is 4. The largest absolute Gasteiger partial charge is 0.490 e. The summed E-state index contributed by atoms with van der Waals surface area (Å²) in [6.45, 7) is 2.53. The number of rotatable bonds is 9. The molecule has 2 heterocycles. The second-order valence-corrected chi connectivity index (χ2v) is 10.9. The molecule has 1 unspecified atom stereocenters. The first-order chi connectivity index (χ1) is 21.1. The highest BCUT2D eigenvalue weighted by atomic mass is 32.1. The third kappa shape index (κ3) is 6.19. The Balaban J connectivity index is 1.34. The van der Waals surface area contributed by atoms with E-state index >= 15 is 0 Å². The van der Waals surface area contributed by atoms with Gasteiger partial charge in [-0.05, 0) is 48.9 Å². The number of carbonyl (C=O) groups is 1. The van der Waals surface area contributed by atoms with E-state index in [2.05, 4.69) is 5.32 Å². The topological polar surface area (TPSA) is 81.9 Å². The van der Waals surface area contributed by atoms with Crippen LogP contribution in [-0.2, 0) is 4.79 Å². The summed E-state index contributed by atoms with van der Waals surface area (Å²) in [4.78, 5) is 33.0. The maximum atomic E-state index is 14.0. The Kier molecular flexibility index (Phi) is 8.28. The first kappa shape index (κ1) is 27.9. The molecule has 0 saturated carbocycles. The zero-order chi connectivity index (χ0) is 29.6. The molecular weight excluding hydrogens is 558 g/mol. The summed E-state index contributed by atoms with van der Waals surface area (Å²) >= 11 is 1.29. The standard InChI is InChI=1S/C35H29N3O4S/c1-24-31(33(39)37-27-16-7-3-8-17-27)32(25-13-5-2-6-14-25)38-34(40)30(43-35(38)36-24)23-26-15-11-12-20-29(26)42-22-21-41-28-18-9-4-10-19-28/h2-20,23,32H,21-22H2,1H3,(H,37,39)/b30-23-. The van der Waals surface area contributed by atoms with E-state index in [1.165, 1.54) is 11.3 Å². The highest BCUT2D eigenvalue weighted by Crippen LogP contribution is 2.30. The van der Waals surface area contributed by atoms with Crippen LogP contribution in [0, 0.1) is 0 Å². The SMILES string of the molecule is CC1=C(C(=O)Nc2ccccc2)C(c2ccccc2)n2c(s/c(=C\c3ccccc3OCCOc3ccccc3)c2=O)=N1. The molecule has 1 aromatic heterocycles. The van der Waals surface area contributed by atoms with E-state index < -0.39 is 6.04 Å². The van der Waals surface area contributed by atoms with E-state index in [4.69, 9.17) is 14.5 Å². The number of nitrogens with zero attached hydrogens (tertiary/aromatic N) is 2. The average molecular weight is 588 g/mol. The van der Waals surface area contributed by atoms with Crippen molar-refractivity contribution in [2.75, 3.05) is 18.5 Å². The van der Waals surface area contributed by atoms with Gasteiger partial charge in [-0.2, -0.15) is 0 Å². The number of ether oxygens (including phenoxy) is 2. The molecule has 1 N–H and O–H groups in total. The highest BCUT2D eigenvalue weighted by molar-refractivity contribution is 7.07. The quantitative estimate of drug-likeness (QED) is 0.236. The van der Waals surface area contributed by atoms with Crippen LogP contribution in [0.2, 0.25) is 0 Å². The molecule has 7 nitrogen and oxygen atoms in total. The predicted molar refractivity (Wildman–Crippen MR) is 169 cm³/mol. The zero-order valence-electron chi connectivity index (χ0n) is 23.5. The number of aromatic nitrogens is 1. The summed E-state index contributed by atoms with van der Waals surface area (Å²) in [6, 6.07) is 35.3. The third-order valence-electron chi connectivity index (χ3n) is 6.97. The average Bonchev–Trinajstić information content (AvgIpc) is 3.34. The van der Waals surface area contributed by atoms with E-state index in [1.54, 1.807) is 4.57 Å². The van der Waals surface area contributed by atoms with Crippen LogP contribution < -0.4 is 29.7 Å². The van der Waals surface area contributed by atoms with Crippen molar-refractivity contribution in [2.45, 2.75) is 13.0 Å². The number of para-hydroxylation sites is 3. The van der Waals surface area contributed by atoms with Gasteiger partial charge in [0.05, 0.1) is 21.8 Å². The summed E-state index contributed by atoms with van der Waals surface area (Å²) in [5, 5.41) is 2.98. The summed E-state index contributed by atoms with van der Waals surface area (Å²) in [7, 11) is 0. The Morgan fingerprint density at radius 1 is 0.860 bits per heavy atom. The van der Waals surface area contributed by atoms with Crippen LogP contribution in [-0.4, -0.2) is 23.7 Å². The molecule has 4 aromatic carbocycles. The van der Waals surface area contributed by atoms with Crippen molar-refractivity contribution in [1.82, 2.24) is 4.57 Å². The minimum absolute atomic E-state index is 0.225. The number of thiazole rings is 1. The molecule has 0 fully saturated rings. The molecule has 6 rings (SSSR count). The van der Waals surface area contributed by atoms with Crippen LogP contribution in [0.25, 0.3) is 6.08 Å². The maximum Gasteiger partial charge on any atom is 0.271 e. The fourth-order valence-corrected chi connectivity index (χ4v) is 6.02. The Bertz CT molecular complexity index is 1950. The molecule has 0 saturated heterocycles. The lowest BCUT2D eigenvalue weighted by Crippen LogP contribution is -2.40. The highest BCUT2D eigenvalue weighted by Gasteiger charge is 2.32. The smallest absolute Gasteiger partial charge is 0.271 e. The second kappa shape index (κ2) is 12.8. The molecule has 0 radical (unpaired) electrons. The van der Waals surface area contributed by atoms with Crippen molar-refractivity contribution in [3.8, 4) is 11.5 Å². The van der Waals surface area contributed by atoms with Gasteiger partial charge in [-0.1, -0.05) is 96.3 Å². The number of carbonyl (C=O) groups excluding carboxylic acids is 1. The Labute approximate surface area is 252 Å². The van der Waals surface area contributed by atoms with E-state index in [0.29, 0.717) is 45.3 Å². The molecular formula is C35H29N3O4S. The monoisotopic (exact) mass is 587 g/mol. The van der Waals surface area contributed by atoms with Crippen LogP contribution >= 0.6 is 11.3 Å². The van der Waals surface area contributed by atoms with Crippen molar-refractivity contribution in [3.05, 3.63) is 157 Å². The number of amides is 1. The number of hydrogen-bond acceptors (Lipinski definition) is 6. The molecule has 1 amide bonds. The molecule has 0 spiro atoms. The first-order valence-corrected chi connectivity index (χ1v) is 14.7. The Morgan fingerprint density at radius 3 is 2.23 bits per heavy atom. The second-order valence-electron chi connectivity index (χ2n) is 9.86. The number of anilines is 1. The van der Waals surface area contributed by atoms with E-state index in [0.717, 1.165) is 16.9 Å². The van der Waals surface area contributed by atoms with Crippen LogP contribution in [0.15, 0.2) is 136 Å². The normalized spacial score (nSPS) is 14.5. The van der Waals surface area contributed by atoms with Gasteiger partial charge in [-0.25, -0.2) is 4.99 Å². The molecule has 43 heavy (non-hydrogen) atoms. The summed E-state index contributed by atoms with van der Waals surface area (Å²) < 4.78 is 13.9. The van der Waals surface area contributed by atoms with E-state index in [1.807, 2.05) is 128 Å². The van der Waals surface area contributed by atoms with Crippen molar-refractivity contribution >= 4 is 29.0 Å². The molecule has 8 heteroatoms. The van der Waals surface area contributed by atoms with Crippen molar-refractivity contribution in [2.24, 2.45) is 4.99 Å². The van der Waals surface area contributed by atoms with Gasteiger partial charge in [0.2, 0.25) is 0 Å². The van der Waals surface area contributed by atoms with Crippen molar-refractivity contribution < 1.29 is 14.3 Å². The lowest BCUT2D eigenvalue weighted by molar-refractivity contribution is -0.113. The van der Waals surface area contributed by atoms with Gasteiger partial charge in [0.15, 0.2) is 4.80 Å². The van der Waals surface area contributed by atoms with Crippen LogP contribution in [0.5, 0.6) is 11.5 Å². The van der Waals surface area contributed by atoms with Gasteiger partial charge in [0.1, 0.15) is 24.7 Å². The van der Waals surface area contributed by atoms with E-state index in [9.17, 15) is 9.59 Å². The van der Waals surface area contributed by atoms with Crippen LogP contribution in [0.1, 0.15) is 24.1 Å². The summed E-state index contributed by atoms with van der Waals surface area (Å²) in [5.41, 5.74) is 3.03. The van der Waals surface area contributed by atoms with E-state index in [-0.39, 0.29) is 11.5 Å². The van der Waals surface area contributed by atoms with Gasteiger partial charge in [0.25, 0.3) is 11.5 Å². The van der Waals surface area contributed by atoms with Gasteiger partial charge in [-0.15, -0.1) is 0 Å². The fraction of sp³-hybridized carbons (Fsp3) is 0.114. The first-order valence-electron chi connectivity index (χ1n) is 13.9. The van der Waals surface area contributed by atoms with Crippen molar-refractivity contribution in [3.63, 3.8) is 0 Å². The minimum atomic E-state index is -0.634.